The Bertz CT molecular complexity index is 630. The summed E-state index contributed by atoms with van der Waals surface area (Å²) in [6.45, 7) is 5.04. The van der Waals surface area contributed by atoms with Crippen LogP contribution in [0, 0.1) is 11.8 Å². The van der Waals surface area contributed by atoms with Gasteiger partial charge in [0.1, 0.15) is 5.58 Å². The molecule has 0 radical (unpaired) electrons. The average Bonchev–Trinajstić information content (AvgIpc) is 3.13. The minimum atomic E-state index is 0.0306. The van der Waals surface area contributed by atoms with Crippen molar-refractivity contribution in [2.75, 3.05) is 19.6 Å². The number of para-hydroxylation sites is 1. The zero-order chi connectivity index (χ0) is 13.7. The van der Waals surface area contributed by atoms with Crippen molar-refractivity contribution in [3.8, 4) is 0 Å². The number of fused-ring (bicyclic) bond motifs is 2. The Morgan fingerprint density at radius 3 is 3.00 bits per heavy atom. The van der Waals surface area contributed by atoms with Crippen molar-refractivity contribution in [1.29, 1.82) is 0 Å². The van der Waals surface area contributed by atoms with Crippen molar-refractivity contribution in [2.45, 2.75) is 13.0 Å². The molecule has 2 aromatic rings. The molecular formula is C16H18N2O2. The maximum absolute atomic E-state index is 12.7. The van der Waals surface area contributed by atoms with Gasteiger partial charge in [0.15, 0.2) is 5.76 Å². The summed E-state index contributed by atoms with van der Waals surface area (Å²) in [5, 5.41) is 4.40. The molecule has 1 N–H and O–H groups in total. The average molecular weight is 270 g/mol. The van der Waals surface area contributed by atoms with Gasteiger partial charge in [-0.15, -0.1) is 0 Å². The van der Waals surface area contributed by atoms with E-state index in [-0.39, 0.29) is 11.9 Å². The molecule has 2 aliphatic heterocycles. The van der Waals surface area contributed by atoms with Crippen molar-refractivity contribution >= 4 is 16.9 Å². The number of likely N-dealkylation sites (tertiary alicyclic amines) is 1. The van der Waals surface area contributed by atoms with Gasteiger partial charge in [0, 0.05) is 31.1 Å². The van der Waals surface area contributed by atoms with Crippen LogP contribution < -0.4 is 5.32 Å². The summed E-state index contributed by atoms with van der Waals surface area (Å²) in [5.41, 5.74) is 0.782. The third kappa shape index (κ3) is 1.68. The van der Waals surface area contributed by atoms with Gasteiger partial charge in [-0.1, -0.05) is 18.2 Å². The molecule has 2 aliphatic rings. The molecule has 3 heterocycles. The van der Waals surface area contributed by atoms with Gasteiger partial charge in [-0.05, 0) is 30.9 Å². The molecule has 4 heteroatoms. The van der Waals surface area contributed by atoms with Crippen LogP contribution >= 0.6 is 0 Å². The molecule has 3 unspecified atom stereocenters. The van der Waals surface area contributed by atoms with Crippen LogP contribution in [0.3, 0.4) is 0 Å². The van der Waals surface area contributed by atoms with Crippen LogP contribution in [0.4, 0.5) is 0 Å². The molecular weight excluding hydrogens is 252 g/mol. The lowest BCUT2D eigenvalue weighted by atomic mass is 9.95. The first-order valence-corrected chi connectivity index (χ1v) is 7.24. The fourth-order valence-electron chi connectivity index (χ4n) is 3.66. The lowest BCUT2D eigenvalue weighted by Gasteiger charge is -2.23. The minimum absolute atomic E-state index is 0.0306. The second kappa shape index (κ2) is 4.35. The van der Waals surface area contributed by atoms with Gasteiger partial charge in [-0.2, -0.15) is 0 Å². The molecule has 0 saturated carbocycles. The highest BCUT2D eigenvalue weighted by atomic mass is 16.3. The van der Waals surface area contributed by atoms with E-state index in [1.54, 1.807) is 0 Å². The van der Waals surface area contributed by atoms with Gasteiger partial charge >= 0.3 is 0 Å². The highest BCUT2D eigenvalue weighted by Gasteiger charge is 2.44. The number of hydrogen-bond acceptors (Lipinski definition) is 3. The van der Waals surface area contributed by atoms with E-state index in [0.29, 0.717) is 17.6 Å². The number of nitrogens with one attached hydrogen (secondary N) is 1. The Labute approximate surface area is 117 Å². The van der Waals surface area contributed by atoms with Crippen molar-refractivity contribution < 1.29 is 9.21 Å². The zero-order valence-corrected chi connectivity index (χ0v) is 11.5. The van der Waals surface area contributed by atoms with Gasteiger partial charge in [0.25, 0.3) is 5.91 Å². The van der Waals surface area contributed by atoms with Crippen LogP contribution in [0.25, 0.3) is 11.0 Å². The first-order chi connectivity index (χ1) is 9.74. The summed E-state index contributed by atoms with van der Waals surface area (Å²) in [6, 6.07) is 9.90. The third-order valence-corrected chi connectivity index (χ3v) is 4.83. The molecule has 1 aromatic carbocycles. The van der Waals surface area contributed by atoms with E-state index < -0.39 is 0 Å². The first-order valence-electron chi connectivity index (χ1n) is 7.24. The smallest absolute Gasteiger partial charge is 0.289 e. The fourth-order valence-corrected chi connectivity index (χ4v) is 3.66. The topological polar surface area (TPSA) is 45.5 Å². The molecule has 20 heavy (non-hydrogen) atoms. The SMILES string of the molecule is CC1C2CNCC2CN1C(=O)c1cc2ccccc2o1. The molecule has 104 valence electrons. The molecule has 0 bridgehead atoms. The monoisotopic (exact) mass is 270 g/mol. The predicted molar refractivity (Wildman–Crippen MR) is 76.6 cm³/mol. The Kier molecular flexibility index (Phi) is 2.60. The van der Waals surface area contributed by atoms with Gasteiger partial charge in [-0.3, -0.25) is 4.79 Å². The summed E-state index contributed by atoms with van der Waals surface area (Å²) >= 11 is 0. The molecule has 0 aliphatic carbocycles. The summed E-state index contributed by atoms with van der Waals surface area (Å²) in [4.78, 5) is 14.6. The largest absolute Gasteiger partial charge is 0.451 e. The quantitative estimate of drug-likeness (QED) is 0.863. The normalized spacial score (nSPS) is 29.1. The maximum Gasteiger partial charge on any atom is 0.289 e. The van der Waals surface area contributed by atoms with Gasteiger partial charge in [0.05, 0.1) is 0 Å². The number of benzene rings is 1. The summed E-state index contributed by atoms with van der Waals surface area (Å²) in [7, 11) is 0. The van der Waals surface area contributed by atoms with E-state index in [9.17, 15) is 4.79 Å². The lowest BCUT2D eigenvalue weighted by Crippen LogP contribution is -2.37. The second-order valence-electron chi connectivity index (χ2n) is 5.93. The second-order valence-corrected chi connectivity index (χ2v) is 5.93. The number of rotatable bonds is 1. The number of nitrogens with zero attached hydrogens (tertiary/aromatic N) is 1. The summed E-state index contributed by atoms with van der Waals surface area (Å²) in [6.07, 6.45) is 0. The molecule has 4 rings (SSSR count). The molecule has 0 spiro atoms. The standard InChI is InChI=1S/C16H18N2O2/c1-10-13-8-17-7-12(13)9-18(10)16(19)15-6-11-4-2-3-5-14(11)20-15/h2-6,10,12-13,17H,7-9H2,1H3. The van der Waals surface area contributed by atoms with E-state index in [1.165, 1.54) is 0 Å². The molecule has 2 saturated heterocycles. The van der Waals surface area contributed by atoms with Gasteiger partial charge < -0.3 is 14.6 Å². The summed E-state index contributed by atoms with van der Waals surface area (Å²) in [5.74, 6) is 1.68. The van der Waals surface area contributed by atoms with Gasteiger partial charge in [-0.25, -0.2) is 0 Å². The van der Waals surface area contributed by atoms with Crippen LogP contribution in [0.15, 0.2) is 34.7 Å². The molecule has 1 amide bonds. The molecule has 1 aromatic heterocycles. The molecule has 4 nitrogen and oxygen atoms in total. The third-order valence-electron chi connectivity index (χ3n) is 4.83. The van der Waals surface area contributed by atoms with E-state index in [1.807, 2.05) is 35.2 Å². The van der Waals surface area contributed by atoms with Crippen molar-refractivity contribution in [2.24, 2.45) is 11.8 Å². The van der Waals surface area contributed by atoms with Crippen molar-refractivity contribution in [1.82, 2.24) is 10.2 Å². The Morgan fingerprint density at radius 2 is 2.20 bits per heavy atom. The van der Waals surface area contributed by atoms with E-state index >= 15 is 0 Å². The number of carbonyl (C=O) groups is 1. The lowest BCUT2D eigenvalue weighted by molar-refractivity contribution is 0.0698. The highest BCUT2D eigenvalue weighted by molar-refractivity contribution is 5.96. The van der Waals surface area contributed by atoms with Crippen LogP contribution in [-0.4, -0.2) is 36.5 Å². The summed E-state index contributed by atoms with van der Waals surface area (Å²) < 4.78 is 5.71. The Morgan fingerprint density at radius 1 is 1.35 bits per heavy atom. The first kappa shape index (κ1) is 12.0. The van der Waals surface area contributed by atoms with Crippen LogP contribution in [0.2, 0.25) is 0 Å². The molecule has 3 atom stereocenters. The number of furan rings is 1. The minimum Gasteiger partial charge on any atom is -0.451 e. The number of hydrogen-bond donors (Lipinski definition) is 1. The molecule has 2 fully saturated rings. The maximum atomic E-state index is 12.7. The Hall–Kier alpha value is -1.81. The van der Waals surface area contributed by atoms with Crippen molar-refractivity contribution in [3.05, 3.63) is 36.1 Å². The number of amides is 1. The van der Waals surface area contributed by atoms with E-state index in [0.717, 1.165) is 30.6 Å². The van der Waals surface area contributed by atoms with Crippen molar-refractivity contribution in [3.63, 3.8) is 0 Å². The number of carbonyl (C=O) groups excluding carboxylic acids is 1. The van der Waals surface area contributed by atoms with Crippen LogP contribution in [0.5, 0.6) is 0 Å². The van der Waals surface area contributed by atoms with Gasteiger partial charge in [0.2, 0.25) is 0 Å². The Balaban J connectivity index is 1.64. The fraction of sp³-hybridized carbons (Fsp3) is 0.438. The highest BCUT2D eigenvalue weighted by Crippen LogP contribution is 2.33. The van der Waals surface area contributed by atoms with Crippen LogP contribution in [-0.2, 0) is 0 Å². The van der Waals surface area contributed by atoms with E-state index in [2.05, 4.69) is 12.2 Å². The zero-order valence-electron chi connectivity index (χ0n) is 11.5. The van der Waals surface area contributed by atoms with E-state index in [4.69, 9.17) is 4.42 Å². The van der Waals surface area contributed by atoms with Crippen LogP contribution in [0.1, 0.15) is 17.5 Å². The predicted octanol–water partition coefficient (Wildman–Crippen LogP) is 2.11.